The van der Waals surface area contributed by atoms with Crippen molar-refractivity contribution in [2.45, 2.75) is 167 Å². The van der Waals surface area contributed by atoms with Crippen molar-refractivity contribution in [2.24, 2.45) is 50.2 Å². The van der Waals surface area contributed by atoms with Crippen molar-refractivity contribution < 1.29 is 69.4 Å². The molecule has 4 saturated carbocycles. The van der Waals surface area contributed by atoms with Crippen molar-refractivity contribution in [1.29, 1.82) is 0 Å². The van der Waals surface area contributed by atoms with Gasteiger partial charge < -0.3 is 59.8 Å². The highest BCUT2D eigenvalue weighted by molar-refractivity contribution is 5.79. The van der Waals surface area contributed by atoms with Crippen LogP contribution in [-0.2, 0) is 28.5 Å². The van der Waals surface area contributed by atoms with Crippen LogP contribution in [0.1, 0.15) is 106 Å². The molecule has 0 aromatic heterocycles. The highest BCUT2D eigenvalue weighted by Crippen LogP contribution is 2.76. The van der Waals surface area contributed by atoms with Gasteiger partial charge in [-0.3, -0.25) is 9.59 Å². The smallest absolute Gasteiger partial charge is 0.315 e. The number of carbonyl (C=O) groups excluding carboxylic acids is 1. The van der Waals surface area contributed by atoms with Crippen molar-refractivity contribution in [1.82, 2.24) is 0 Å². The van der Waals surface area contributed by atoms with Gasteiger partial charge in [-0.15, -0.1) is 0 Å². The molecule has 0 aromatic carbocycles. The van der Waals surface area contributed by atoms with Gasteiger partial charge in [0.05, 0.1) is 30.1 Å². The first-order valence-electron chi connectivity index (χ1n) is 20.4. The molecule has 14 heteroatoms. The van der Waals surface area contributed by atoms with Crippen LogP contribution in [0.15, 0.2) is 11.6 Å². The average Bonchev–Trinajstić information content (AvgIpc) is 3.13. The molecule has 0 bridgehead atoms. The molecule has 18 atom stereocenters. The molecule has 0 radical (unpaired) electrons. The molecule has 2 heterocycles. The first kappa shape index (κ1) is 41.4. The highest BCUT2D eigenvalue weighted by atomic mass is 16.7. The van der Waals surface area contributed by atoms with Crippen LogP contribution in [0.2, 0.25) is 0 Å². The van der Waals surface area contributed by atoms with E-state index in [4.69, 9.17) is 18.9 Å². The number of hydrogen-bond donors (Lipinski definition) is 8. The molecule has 0 aromatic rings. The summed E-state index contributed by atoms with van der Waals surface area (Å²) in [6, 6.07) is 0. The van der Waals surface area contributed by atoms with E-state index in [0.29, 0.717) is 44.9 Å². The Morgan fingerprint density at radius 2 is 1.47 bits per heavy atom. The molecule has 7 aliphatic rings. The molecule has 14 nitrogen and oxygen atoms in total. The number of aliphatic carboxylic acids is 1. The third-order valence-corrected chi connectivity index (χ3v) is 16.9. The molecular weight excluding hydrogens is 716 g/mol. The van der Waals surface area contributed by atoms with Gasteiger partial charge in [0, 0.05) is 0 Å². The van der Waals surface area contributed by atoms with Gasteiger partial charge in [-0.25, -0.2) is 0 Å². The zero-order valence-electron chi connectivity index (χ0n) is 33.1. The number of ether oxygens (including phenoxy) is 4. The standard InChI is InChI=1S/C41H64O14/c1-36(2)13-15-41(35(51)55-33-31(48)29(46)28(45)23(18-42)53-33)16-14-38(4)20(21(41)17-36)7-8-24-37(3)11-10-26(54-32-30(47)27(44)22(43)19-52-32)40(6,34(49)50)25(37)9-12-39(24,38)5/h7,21-33,42-48H,8-19H2,1-6H3,(H,49,50)/t21-,22+,23+,24+,25+,26-,27-,28+,29-,30+,31+,32-,33-,37+,38+,39+,40?,41-/m0/s1. The molecule has 55 heavy (non-hydrogen) atoms. The van der Waals surface area contributed by atoms with Crippen LogP contribution in [0.4, 0.5) is 0 Å². The van der Waals surface area contributed by atoms with Crippen LogP contribution >= 0.6 is 0 Å². The van der Waals surface area contributed by atoms with Crippen LogP contribution < -0.4 is 0 Å². The predicted molar refractivity (Wildman–Crippen MR) is 193 cm³/mol. The van der Waals surface area contributed by atoms with E-state index in [1.807, 2.05) is 0 Å². The number of hydrogen-bond acceptors (Lipinski definition) is 13. The third kappa shape index (κ3) is 6.01. The Labute approximate surface area is 323 Å². The summed E-state index contributed by atoms with van der Waals surface area (Å²) in [5.74, 6) is -1.81. The fraction of sp³-hybridized carbons (Fsp3) is 0.902. The van der Waals surface area contributed by atoms with E-state index in [2.05, 4.69) is 40.7 Å². The normalized spacial score (nSPS) is 53.4. The van der Waals surface area contributed by atoms with E-state index in [0.717, 1.165) is 19.3 Å². The molecule has 5 aliphatic carbocycles. The van der Waals surface area contributed by atoms with Gasteiger partial charge >= 0.3 is 11.9 Å². The maximum absolute atomic E-state index is 14.5. The molecule has 0 spiro atoms. The van der Waals surface area contributed by atoms with Gasteiger partial charge in [0.2, 0.25) is 6.29 Å². The SMILES string of the molecule is CC1(C)CC[C@]2(C(=O)O[C@@H]3O[C@H](CO)[C@@H](O)[C@H](O)[C@H]3O)CC[C@]3(C)C(=CC[C@@H]4[C@@]5(C)CC[C@H](O[C@@H]6OC[C@@H](O)[C@H](O)[C@H]6O)C(C)(C(=O)O)[C@@H]5CC[C@]43C)[C@@H]2C1. The predicted octanol–water partition coefficient (Wildman–Crippen LogP) is 2.02. The molecule has 8 N–H and O–H groups in total. The Balaban J connectivity index is 1.19. The maximum Gasteiger partial charge on any atom is 0.315 e. The van der Waals surface area contributed by atoms with E-state index in [1.165, 1.54) is 5.57 Å². The van der Waals surface area contributed by atoms with Gasteiger partial charge in [0.1, 0.15) is 42.7 Å². The van der Waals surface area contributed by atoms with Crippen LogP contribution in [0.25, 0.3) is 0 Å². The summed E-state index contributed by atoms with van der Waals surface area (Å²) >= 11 is 0. The Bertz CT molecular complexity index is 1530. The quantitative estimate of drug-likeness (QED) is 0.110. The first-order chi connectivity index (χ1) is 25.6. The van der Waals surface area contributed by atoms with Gasteiger partial charge in [-0.05, 0) is 111 Å². The molecule has 0 amide bonds. The number of carboxylic acid groups (broad SMARTS) is 1. The topological polar surface area (TPSA) is 233 Å². The van der Waals surface area contributed by atoms with Crippen LogP contribution in [0.5, 0.6) is 0 Å². The fourth-order valence-electron chi connectivity index (χ4n) is 13.2. The summed E-state index contributed by atoms with van der Waals surface area (Å²) in [4.78, 5) is 28.0. The number of esters is 1. The molecule has 2 saturated heterocycles. The lowest BCUT2D eigenvalue weighted by atomic mass is 9.33. The molecule has 1 unspecified atom stereocenters. The van der Waals surface area contributed by atoms with Crippen LogP contribution in [0, 0.1) is 50.2 Å². The van der Waals surface area contributed by atoms with Crippen molar-refractivity contribution >= 4 is 11.9 Å². The van der Waals surface area contributed by atoms with Crippen molar-refractivity contribution in [3.8, 4) is 0 Å². The lowest BCUT2D eigenvalue weighted by Gasteiger charge is -2.71. The molecule has 7 rings (SSSR count). The average molecular weight is 781 g/mol. The fourth-order valence-corrected chi connectivity index (χ4v) is 13.2. The summed E-state index contributed by atoms with van der Waals surface area (Å²) in [7, 11) is 0. The zero-order valence-corrected chi connectivity index (χ0v) is 33.1. The monoisotopic (exact) mass is 780 g/mol. The molecular formula is C41H64O14. The second kappa shape index (κ2) is 13.9. The number of rotatable bonds is 6. The Kier molecular flexibility index (Phi) is 10.5. The van der Waals surface area contributed by atoms with Gasteiger partial charge in [0.25, 0.3) is 0 Å². The van der Waals surface area contributed by atoms with E-state index in [9.17, 15) is 50.4 Å². The third-order valence-electron chi connectivity index (χ3n) is 16.9. The van der Waals surface area contributed by atoms with Crippen LogP contribution in [-0.4, -0.2) is 127 Å². The largest absolute Gasteiger partial charge is 0.481 e. The number of aliphatic hydroxyl groups excluding tert-OH is 7. The van der Waals surface area contributed by atoms with Crippen LogP contribution in [0.3, 0.4) is 0 Å². The van der Waals surface area contributed by atoms with E-state index >= 15 is 0 Å². The van der Waals surface area contributed by atoms with Crippen molar-refractivity contribution in [3.05, 3.63) is 11.6 Å². The van der Waals surface area contributed by atoms with E-state index in [1.54, 1.807) is 6.92 Å². The van der Waals surface area contributed by atoms with Crippen molar-refractivity contribution in [2.75, 3.05) is 13.2 Å². The Morgan fingerprint density at radius 1 is 0.800 bits per heavy atom. The number of carboxylic acids is 1. The van der Waals surface area contributed by atoms with Crippen molar-refractivity contribution in [3.63, 3.8) is 0 Å². The second-order valence-corrected chi connectivity index (χ2v) is 20.0. The minimum Gasteiger partial charge on any atom is -0.481 e. The Hall–Kier alpha value is -1.72. The summed E-state index contributed by atoms with van der Waals surface area (Å²) < 4.78 is 23.4. The molecule has 2 aliphatic heterocycles. The summed E-state index contributed by atoms with van der Waals surface area (Å²) in [6.07, 6.45) is -5.14. The molecule has 6 fully saturated rings. The highest BCUT2D eigenvalue weighted by Gasteiger charge is 2.71. The minimum absolute atomic E-state index is 0.0660. The zero-order chi connectivity index (χ0) is 40.3. The lowest BCUT2D eigenvalue weighted by molar-refractivity contribution is -0.308. The van der Waals surface area contributed by atoms with E-state index in [-0.39, 0.29) is 40.6 Å². The lowest BCUT2D eigenvalue weighted by Crippen LogP contribution is -2.67. The molecule has 312 valence electrons. The number of fused-ring (bicyclic) bond motifs is 7. The van der Waals surface area contributed by atoms with Gasteiger partial charge in [0.15, 0.2) is 6.29 Å². The van der Waals surface area contributed by atoms with Gasteiger partial charge in [-0.2, -0.15) is 0 Å². The first-order valence-corrected chi connectivity index (χ1v) is 20.4. The number of carbonyl (C=O) groups is 2. The number of aliphatic hydroxyl groups is 7. The maximum atomic E-state index is 14.5. The minimum atomic E-state index is -1.69. The van der Waals surface area contributed by atoms with Gasteiger partial charge in [-0.1, -0.05) is 46.3 Å². The summed E-state index contributed by atoms with van der Waals surface area (Å²) in [5, 5.41) is 83.2. The summed E-state index contributed by atoms with van der Waals surface area (Å²) in [5.41, 5.74) is -2.02. The Morgan fingerprint density at radius 3 is 2.15 bits per heavy atom. The second-order valence-electron chi connectivity index (χ2n) is 20.0. The number of allylic oxidation sites excluding steroid dienone is 2. The van der Waals surface area contributed by atoms with E-state index < -0.39 is 96.2 Å². The summed E-state index contributed by atoms with van der Waals surface area (Å²) in [6.45, 7) is 12.3.